The lowest BCUT2D eigenvalue weighted by molar-refractivity contribution is -0.0147. The summed E-state index contributed by atoms with van der Waals surface area (Å²) in [5, 5.41) is 11.6. The number of benzene rings is 3. The average Bonchev–Trinajstić information content (AvgIpc) is 3.28. The quantitative estimate of drug-likeness (QED) is 0.325. The molecule has 10 heteroatoms. The summed E-state index contributed by atoms with van der Waals surface area (Å²) in [5.74, 6) is -0.469. The van der Waals surface area contributed by atoms with E-state index < -0.39 is 22.2 Å². The number of fused-ring (bicyclic) bond motifs is 5. The second-order valence-electron chi connectivity index (χ2n) is 11.0. The number of aliphatic hydroxyl groups is 1. The molecule has 4 aromatic rings. The third-order valence-electron chi connectivity index (χ3n) is 8.18. The lowest BCUT2D eigenvalue weighted by Gasteiger charge is -2.35. The van der Waals surface area contributed by atoms with Gasteiger partial charge in [-0.1, -0.05) is 61.0 Å². The predicted molar refractivity (Wildman–Crippen MR) is 165 cm³/mol. The normalized spacial score (nSPS) is 18.9. The standard InChI is InChI=1S/C32H36ClN3O5S/c1-21-17-36(22(2)19-37)32(38)31-30(27-11-7-8-12-28(27)35(31)4)26-10-6-5-9-23(26)20-41-29(21)18-34(3)42(39,40)25-15-13-24(33)14-16-25/h5-16,21-22,29,37H,17-20H2,1-4H3/t21-,22-,29-/m1/s1. The van der Waals surface area contributed by atoms with Crippen LogP contribution >= 0.6 is 11.6 Å². The van der Waals surface area contributed by atoms with Crippen LogP contribution in [0.4, 0.5) is 0 Å². The molecule has 0 bridgehead atoms. The van der Waals surface area contributed by atoms with Crippen LogP contribution in [0.25, 0.3) is 22.0 Å². The van der Waals surface area contributed by atoms with Crippen LogP contribution in [-0.4, -0.2) is 72.1 Å². The Morgan fingerprint density at radius 2 is 1.74 bits per heavy atom. The number of ether oxygens (including phenoxy) is 1. The third kappa shape index (κ3) is 5.59. The summed E-state index contributed by atoms with van der Waals surface area (Å²) in [6.07, 6.45) is -0.552. The van der Waals surface area contributed by atoms with Gasteiger partial charge in [0.15, 0.2) is 0 Å². The number of amides is 1. The first-order valence-corrected chi connectivity index (χ1v) is 15.8. The first kappa shape index (κ1) is 30.3. The van der Waals surface area contributed by atoms with E-state index in [9.17, 15) is 18.3 Å². The van der Waals surface area contributed by atoms with E-state index in [1.54, 1.807) is 17.0 Å². The number of aromatic nitrogens is 1. The second-order valence-corrected chi connectivity index (χ2v) is 13.5. The Hall–Kier alpha value is -3.21. The van der Waals surface area contributed by atoms with E-state index in [1.807, 2.05) is 74.0 Å². The van der Waals surface area contributed by atoms with Gasteiger partial charge in [-0.05, 0) is 48.4 Å². The highest BCUT2D eigenvalue weighted by atomic mass is 35.5. The molecule has 3 atom stereocenters. The summed E-state index contributed by atoms with van der Waals surface area (Å²) in [6.45, 7) is 4.10. The van der Waals surface area contributed by atoms with Crippen LogP contribution in [0.2, 0.25) is 5.02 Å². The summed E-state index contributed by atoms with van der Waals surface area (Å²) >= 11 is 5.98. The minimum atomic E-state index is -3.82. The van der Waals surface area contributed by atoms with Crippen LogP contribution in [-0.2, 0) is 28.4 Å². The van der Waals surface area contributed by atoms with Crippen molar-refractivity contribution in [2.45, 2.75) is 37.5 Å². The van der Waals surface area contributed by atoms with Crippen molar-refractivity contribution in [3.8, 4) is 11.1 Å². The third-order valence-corrected chi connectivity index (χ3v) is 10.3. The van der Waals surface area contributed by atoms with Crippen molar-refractivity contribution in [2.75, 3.05) is 26.7 Å². The Morgan fingerprint density at radius 1 is 1.07 bits per heavy atom. The Morgan fingerprint density at radius 3 is 2.45 bits per heavy atom. The smallest absolute Gasteiger partial charge is 0.271 e. The molecule has 0 saturated heterocycles. The Labute approximate surface area is 252 Å². The maximum Gasteiger partial charge on any atom is 0.271 e. The molecule has 1 aliphatic rings. The van der Waals surface area contributed by atoms with E-state index in [1.165, 1.54) is 23.5 Å². The molecule has 5 rings (SSSR count). The highest BCUT2D eigenvalue weighted by Gasteiger charge is 2.34. The molecular formula is C32H36ClN3O5S. The second kappa shape index (κ2) is 12.2. The van der Waals surface area contributed by atoms with Gasteiger partial charge in [0, 0.05) is 54.6 Å². The minimum absolute atomic E-state index is 0.0692. The van der Waals surface area contributed by atoms with Crippen molar-refractivity contribution < 1.29 is 23.1 Å². The Balaban J connectivity index is 1.60. The number of aryl methyl sites for hydroxylation is 1. The fourth-order valence-corrected chi connectivity index (χ4v) is 6.97. The fourth-order valence-electron chi connectivity index (χ4n) is 5.66. The van der Waals surface area contributed by atoms with Gasteiger partial charge in [-0.2, -0.15) is 4.31 Å². The zero-order chi connectivity index (χ0) is 30.2. The minimum Gasteiger partial charge on any atom is -0.394 e. The van der Waals surface area contributed by atoms with Crippen molar-refractivity contribution >= 4 is 38.4 Å². The number of para-hydroxylation sites is 1. The predicted octanol–water partition coefficient (Wildman–Crippen LogP) is 5.18. The largest absolute Gasteiger partial charge is 0.394 e. The molecule has 1 aliphatic heterocycles. The molecule has 3 aromatic carbocycles. The van der Waals surface area contributed by atoms with Gasteiger partial charge in [0.05, 0.1) is 30.3 Å². The molecule has 42 heavy (non-hydrogen) atoms. The topological polar surface area (TPSA) is 92.1 Å². The highest BCUT2D eigenvalue weighted by molar-refractivity contribution is 7.89. The lowest BCUT2D eigenvalue weighted by Crippen LogP contribution is -2.48. The van der Waals surface area contributed by atoms with Crippen molar-refractivity contribution in [1.29, 1.82) is 0 Å². The number of carbonyl (C=O) groups excluding carboxylic acids is 1. The van der Waals surface area contributed by atoms with Crippen molar-refractivity contribution in [1.82, 2.24) is 13.8 Å². The van der Waals surface area contributed by atoms with Gasteiger partial charge in [0.25, 0.3) is 5.91 Å². The van der Waals surface area contributed by atoms with Gasteiger partial charge in [-0.25, -0.2) is 8.42 Å². The van der Waals surface area contributed by atoms with Crippen LogP contribution < -0.4 is 0 Å². The zero-order valence-corrected chi connectivity index (χ0v) is 25.8. The molecule has 0 spiro atoms. The van der Waals surface area contributed by atoms with Crippen LogP contribution in [0.5, 0.6) is 0 Å². The summed E-state index contributed by atoms with van der Waals surface area (Å²) in [6, 6.07) is 21.4. The molecule has 0 aliphatic carbocycles. The van der Waals surface area contributed by atoms with Crippen LogP contribution in [0.3, 0.4) is 0 Å². The summed E-state index contributed by atoms with van der Waals surface area (Å²) < 4.78 is 36.6. The number of hydrogen-bond donors (Lipinski definition) is 1. The molecule has 0 saturated carbocycles. The SMILES string of the molecule is C[C@@H]1CN([C@H](C)CO)C(=O)c2c(c3ccccc3n2C)-c2ccccc2CO[C@@H]1CN(C)S(=O)(=O)c1ccc(Cl)cc1. The number of aliphatic hydroxyl groups excluding tert-OH is 1. The van der Waals surface area contributed by atoms with Gasteiger partial charge in [-0.15, -0.1) is 0 Å². The Kier molecular flexibility index (Phi) is 8.78. The first-order valence-electron chi connectivity index (χ1n) is 14.0. The number of sulfonamides is 1. The molecule has 8 nitrogen and oxygen atoms in total. The van der Waals surface area contributed by atoms with Gasteiger partial charge >= 0.3 is 0 Å². The number of nitrogens with zero attached hydrogens (tertiary/aromatic N) is 3. The summed E-state index contributed by atoms with van der Waals surface area (Å²) in [5.41, 5.74) is 4.06. The van der Waals surface area contributed by atoms with Crippen molar-refractivity contribution in [3.63, 3.8) is 0 Å². The molecular weight excluding hydrogens is 574 g/mol. The molecule has 0 radical (unpaired) electrons. The Bertz CT molecular complexity index is 1700. The van der Waals surface area contributed by atoms with Crippen LogP contribution in [0, 0.1) is 5.92 Å². The van der Waals surface area contributed by atoms with E-state index in [-0.39, 0.29) is 43.0 Å². The van der Waals surface area contributed by atoms with E-state index in [0.717, 1.165) is 27.6 Å². The average molecular weight is 610 g/mol. The van der Waals surface area contributed by atoms with E-state index in [2.05, 4.69) is 0 Å². The molecule has 1 amide bonds. The number of likely N-dealkylation sites (N-methyl/N-ethyl adjacent to an activating group) is 1. The summed E-state index contributed by atoms with van der Waals surface area (Å²) in [7, 11) is -0.403. The first-order chi connectivity index (χ1) is 20.0. The number of carbonyl (C=O) groups is 1. The molecule has 2 heterocycles. The van der Waals surface area contributed by atoms with Crippen molar-refractivity contribution in [3.05, 3.63) is 89.1 Å². The van der Waals surface area contributed by atoms with Gasteiger partial charge in [-0.3, -0.25) is 4.79 Å². The fraction of sp³-hybridized carbons (Fsp3) is 0.344. The number of rotatable bonds is 6. The highest BCUT2D eigenvalue weighted by Crippen LogP contribution is 2.38. The van der Waals surface area contributed by atoms with Gasteiger partial charge in [0.2, 0.25) is 10.0 Å². The van der Waals surface area contributed by atoms with Gasteiger partial charge < -0.3 is 19.3 Å². The maximum absolute atomic E-state index is 14.4. The van der Waals surface area contributed by atoms with Crippen LogP contribution in [0.1, 0.15) is 29.9 Å². The molecule has 1 N–H and O–H groups in total. The number of hydrogen-bond acceptors (Lipinski definition) is 5. The van der Waals surface area contributed by atoms with Crippen molar-refractivity contribution in [2.24, 2.45) is 13.0 Å². The molecule has 0 fully saturated rings. The maximum atomic E-state index is 14.4. The lowest BCUT2D eigenvalue weighted by atomic mass is 9.96. The van der Waals surface area contributed by atoms with E-state index in [4.69, 9.17) is 16.3 Å². The van der Waals surface area contributed by atoms with E-state index in [0.29, 0.717) is 10.7 Å². The zero-order valence-electron chi connectivity index (χ0n) is 24.2. The molecule has 1 aromatic heterocycles. The van der Waals surface area contributed by atoms with Gasteiger partial charge in [0.1, 0.15) is 5.69 Å². The van der Waals surface area contributed by atoms with E-state index >= 15 is 0 Å². The molecule has 0 unspecified atom stereocenters. The summed E-state index contributed by atoms with van der Waals surface area (Å²) in [4.78, 5) is 16.3. The monoisotopic (exact) mass is 609 g/mol. The molecule has 222 valence electrons. The van der Waals surface area contributed by atoms with Crippen LogP contribution in [0.15, 0.2) is 77.7 Å². The number of halogens is 1.